The van der Waals surface area contributed by atoms with E-state index in [9.17, 15) is 14.7 Å². The van der Waals surface area contributed by atoms with Gasteiger partial charge < -0.3 is 19.6 Å². The number of hydrogen-bond donors (Lipinski definition) is 1. The number of hydrogen-bond acceptors (Lipinski definition) is 5. The van der Waals surface area contributed by atoms with E-state index in [1.165, 1.54) is 0 Å². The van der Waals surface area contributed by atoms with Gasteiger partial charge in [-0.15, -0.1) is 0 Å². The van der Waals surface area contributed by atoms with Crippen molar-refractivity contribution >= 4 is 11.9 Å². The molecule has 0 bridgehead atoms. The Morgan fingerprint density at radius 1 is 1.12 bits per heavy atom. The molecule has 2 rings (SSSR count). The van der Waals surface area contributed by atoms with E-state index in [4.69, 9.17) is 4.74 Å². The smallest absolute Gasteiger partial charge is 0.311 e. The summed E-state index contributed by atoms with van der Waals surface area (Å²) in [6, 6.07) is 0. The molecule has 0 aromatic heterocycles. The van der Waals surface area contributed by atoms with Gasteiger partial charge in [-0.05, 0) is 52.2 Å². The van der Waals surface area contributed by atoms with Gasteiger partial charge in [-0.1, -0.05) is 0 Å². The lowest BCUT2D eigenvalue weighted by atomic mass is 9.76. The van der Waals surface area contributed by atoms with E-state index in [2.05, 4.69) is 16.8 Å². The van der Waals surface area contributed by atoms with Crippen LogP contribution in [-0.2, 0) is 14.3 Å². The molecule has 0 unspecified atom stereocenters. The number of carbonyl (C=O) groups is 2. The molecule has 0 saturated carbocycles. The largest absolute Gasteiger partial charge is 0.481 e. The maximum absolute atomic E-state index is 12.8. The van der Waals surface area contributed by atoms with Crippen LogP contribution in [0.3, 0.4) is 0 Å². The fourth-order valence-electron chi connectivity index (χ4n) is 3.93. The Morgan fingerprint density at radius 2 is 1.92 bits per heavy atom. The molecule has 25 heavy (non-hydrogen) atoms. The molecule has 2 saturated heterocycles. The van der Waals surface area contributed by atoms with Gasteiger partial charge in [0.1, 0.15) is 0 Å². The minimum absolute atomic E-state index is 0.0709. The highest BCUT2D eigenvalue weighted by Crippen LogP contribution is 2.35. The summed E-state index contributed by atoms with van der Waals surface area (Å²) in [5.41, 5.74) is -0.814. The molecular formula is C18H33N3O4. The highest BCUT2D eigenvalue weighted by atomic mass is 16.5. The fraction of sp³-hybridized carbons (Fsp3) is 0.889. The lowest BCUT2D eigenvalue weighted by Crippen LogP contribution is -2.52. The second-order valence-corrected chi connectivity index (χ2v) is 7.53. The number of piperidine rings is 1. The van der Waals surface area contributed by atoms with Gasteiger partial charge in [0.25, 0.3) is 0 Å². The molecule has 144 valence electrons. The molecular weight excluding hydrogens is 322 g/mol. The van der Waals surface area contributed by atoms with Crippen molar-refractivity contribution < 1.29 is 19.4 Å². The summed E-state index contributed by atoms with van der Waals surface area (Å²) >= 11 is 0. The van der Waals surface area contributed by atoms with Gasteiger partial charge in [0, 0.05) is 39.9 Å². The van der Waals surface area contributed by atoms with E-state index in [0.717, 1.165) is 39.0 Å². The molecule has 2 fully saturated rings. The third kappa shape index (κ3) is 5.66. The molecule has 0 aromatic carbocycles. The third-order valence-electron chi connectivity index (χ3n) is 5.56. The number of likely N-dealkylation sites (N-methyl/N-ethyl adjacent to an activating group) is 1. The highest BCUT2D eigenvalue weighted by Gasteiger charge is 2.43. The third-order valence-corrected chi connectivity index (χ3v) is 5.56. The van der Waals surface area contributed by atoms with Crippen molar-refractivity contribution in [3.8, 4) is 0 Å². The Balaban J connectivity index is 1.93. The number of carboxylic acid groups (broad SMARTS) is 1. The predicted molar refractivity (Wildman–Crippen MR) is 95.5 cm³/mol. The quantitative estimate of drug-likeness (QED) is 0.679. The number of aliphatic carboxylic acids is 1. The Kier molecular flexibility index (Phi) is 7.65. The zero-order valence-electron chi connectivity index (χ0n) is 15.7. The average Bonchev–Trinajstić information content (AvgIpc) is 2.79. The second-order valence-electron chi connectivity index (χ2n) is 7.53. The van der Waals surface area contributed by atoms with Gasteiger partial charge in [0.05, 0.1) is 12.0 Å². The maximum atomic E-state index is 12.8. The van der Waals surface area contributed by atoms with Crippen LogP contribution in [0.4, 0.5) is 0 Å². The zero-order valence-corrected chi connectivity index (χ0v) is 15.7. The van der Waals surface area contributed by atoms with Gasteiger partial charge in [0.2, 0.25) is 5.91 Å². The molecule has 1 atom stereocenters. The van der Waals surface area contributed by atoms with Crippen LogP contribution >= 0.6 is 0 Å². The first kappa shape index (κ1) is 20.1. The number of ether oxygens (including phenoxy) is 1. The number of rotatable bonds is 7. The fourth-order valence-corrected chi connectivity index (χ4v) is 3.93. The standard InChI is InChI=1S/C18H33N3O4/c1-19-8-5-9-20(12-11-19)14-16(22)21-10-3-6-18(15-21,17(23)24)7-4-13-25-2/h3-15H2,1-2H3,(H,23,24)/t18-/m1/s1. The average molecular weight is 355 g/mol. The van der Waals surface area contributed by atoms with Gasteiger partial charge in [0.15, 0.2) is 0 Å². The number of methoxy groups -OCH3 is 1. The van der Waals surface area contributed by atoms with Crippen LogP contribution in [-0.4, -0.2) is 98.3 Å². The van der Waals surface area contributed by atoms with Gasteiger partial charge in [-0.2, -0.15) is 0 Å². The number of carboxylic acids is 1. The molecule has 2 aliphatic heterocycles. The minimum Gasteiger partial charge on any atom is -0.481 e. The monoisotopic (exact) mass is 355 g/mol. The second kappa shape index (κ2) is 9.50. The van der Waals surface area contributed by atoms with Crippen molar-refractivity contribution in [3.63, 3.8) is 0 Å². The SMILES string of the molecule is COCCC[C@]1(C(=O)O)CCCN(C(=O)CN2CCCN(C)CC2)C1. The normalized spacial score (nSPS) is 26.4. The van der Waals surface area contributed by atoms with E-state index >= 15 is 0 Å². The molecule has 0 radical (unpaired) electrons. The predicted octanol–water partition coefficient (Wildman–Crippen LogP) is 0.744. The van der Waals surface area contributed by atoms with Crippen molar-refractivity contribution in [1.82, 2.24) is 14.7 Å². The van der Waals surface area contributed by atoms with E-state index in [1.807, 2.05) is 0 Å². The van der Waals surface area contributed by atoms with Crippen molar-refractivity contribution in [2.45, 2.75) is 32.1 Å². The number of likely N-dealkylation sites (tertiary alicyclic amines) is 1. The maximum Gasteiger partial charge on any atom is 0.311 e. The summed E-state index contributed by atoms with van der Waals surface area (Å²) in [5, 5.41) is 9.78. The van der Waals surface area contributed by atoms with Crippen molar-refractivity contribution in [1.29, 1.82) is 0 Å². The van der Waals surface area contributed by atoms with Crippen LogP contribution in [0.1, 0.15) is 32.1 Å². The first-order valence-corrected chi connectivity index (χ1v) is 9.38. The summed E-state index contributed by atoms with van der Waals surface area (Å²) in [6.45, 7) is 5.84. The Morgan fingerprint density at radius 3 is 2.64 bits per heavy atom. The topological polar surface area (TPSA) is 73.3 Å². The highest BCUT2D eigenvalue weighted by molar-refractivity contribution is 5.81. The molecule has 7 nitrogen and oxygen atoms in total. The van der Waals surface area contributed by atoms with Crippen LogP contribution in [0, 0.1) is 5.41 Å². The molecule has 2 heterocycles. The summed E-state index contributed by atoms with van der Waals surface area (Å²) in [7, 11) is 3.74. The van der Waals surface area contributed by atoms with Crippen LogP contribution in [0.25, 0.3) is 0 Å². The molecule has 0 aliphatic carbocycles. The molecule has 0 spiro atoms. The lowest BCUT2D eigenvalue weighted by molar-refractivity contribution is -0.156. The van der Waals surface area contributed by atoms with E-state index < -0.39 is 11.4 Å². The van der Waals surface area contributed by atoms with E-state index in [0.29, 0.717) is 45.5 Å². The van der Waals surface area contributed by atoms with Gasteiger partial charge in [-0.3, -0.25) is 14.5 Å². The van der Waals surface area contributed by atoms with Crippen LogP contribution < -0.4 is 0 Å². The molecule has 2 aliphatic rings. The zero-order chi connectivity index (χ0) is 18.3. The van der Waals surface area contributed by atoms with Crippen LogP contribution in [0.2, 0.25) is 0 Å². The molecule has 0 aromatic rings. The van der Waals surface area contributed by atoms with Crippen molar-refractivity contribution in [2.24, 2.45) is 5.41 Å². The van der Waals surface area contributed by atoms with Crippen LogP contribution in [0.5, 0.6) is 0 Å². The first-order chi connectivity index (χ1) is 12.0. The van der Waals surface area contributed by atoms with Gasteiger partial charge in [-0.25, -0.2) is 0 Å². The lowest BCUT2D eigenvalue weighted by Gasteiger charge is -2.40. The summed E-state index contributed by atoms with van der Waals surface area (Å²) in [4.78, 5) is 30.9. The first-order valence-electron chi connectivity index (χ1n) is 9.38. The van der Waals surface area contributed by atoms with Crippen molar-refractivity contribution in [3.05, 3.63) is 0 Å². The number of nitrogens with zero attached hydrogens (tertiary/aromatic N) is 3. The molecule has 7 heteroatoms. The Hall–Kier alpha value is -1.18. The van der Waals surface area contributed by atoms with Crippen molar-refractivity contribution in [2.75, 3.05) is 66.6 Å². The number of carbonyl (C=O) groups excluding carboxylic acids is 1. The Labute approximate surface area is 150 Å². The summed E-state index contributed by atoms with van der Waals surface area (Å²) in [5.74, 6) is -0.709. The minimum atomic E-state index is -0.814. The Bertz CT molecular complexity index is 460. The molecule has 1 N–H and O–H groups in total. The van der Waals surface area contributed by atoms with E-state index in [1.54, 1.807) is 12.0 Å². The summed E-state index contributed by atoms with van der Waals surface area (Å²) < 4.78 is 5.07. The summed E-state index contributed by atoms with van der Waals surface area (Å²) in [6.07, 6.45) is 3.75. The number of amides is 1. The molecule has 1 amide bonds. The van der Waals surface area contributed by atoms with Crippen LogP contribution in [0.15, 0.2) is 0 Å². The van der Waals surface area contributed by atoms with E-state index in [-0.39, 0.29) is 5.91 Å². The van der Waals surface area contributed by atoms with Gasteiger partial charge >= 0.3 is 5.97 Å².